The van der Waals surface area contributed by atoms with Crippen molar-refractivity contribution >= 4 is 11.8 Å². The topological polar surface area (TPSA) is 75.7 Å². The normalized spacial score (nSPS) is 19.5. The van der Waals surface area contributed by atoms with E-state index < -0.39 is 5.97 Å². The van der Waals surface area contributed by atoms with Crippen molar-refractivity contribution in [2.24, 2.45) is 10.7 Å². The molecule has 30 heavy (non-hydrogen) atoms. The number of carboxylic acid groups (broad SMARTS) is 1. The van der Waals surface area contributed by atoms with Crippen molar-refractivity contribution in [1.29, 1.82) is 0 Å². The first-order valence-electron chi connectivity index (χ1n) is 12.3. The Kier molecular flexibility index (Phi) is 14.4. The van der Waals surface area contributed by atoms with Gasteiger partial charge in [0.25, 0.3) is 0 Å². The second-order valence-electron chi connectivity index (χ2n) is 8.80. The van der Waals surface area contributed by atoms with Crippen LogP contribution >= 0.6 is 0 Å². The highest BCUT2D eigenvalue weighted by molar-refractivity contribution is 5.90. The van der Waals surface area contributed by atoms with Crippen LogP contribution in [0.2, 0.25) is 0 Å². The molecule has 0 saturated carbocycles. The molecule has 0 saturated heterocycles. The van der Waals surface area contributed by atoms with Gasteiger partial charge in [-0.3, -0.25) is 5.73 Å². The Labute approximate surface area is 184 Å². The Morgan fingerprint density at radius 1 is 1.00 bits per heavy atom. The number of unbranched alkanes of at least 4 members (excludes halogenated alkanes) is 14. The van der Waals surface area contributed by atoms with E-state index in [4.69, 9.17) is 5.73 Å². The fraction of sp³-hybridized carbons (Fsp3) is 0.760. The van der Waals surface area contributed by atoms with Crippen molar-refractivity contribution in [2.75, 3.05) is 6.54 Å². The molecule has 1 rings (SSSR count). The van der Waals surface area contributed by atoms with Crippen LogP contribution < -0.4 is 5.73 Å². The number of aliphatic carboxylic acids is 1. The number of nitrogens with zero attached hydrogens (tertiary/aromatic N) is 2. The van der Waals surface area contributed by atoms with Crippen molar-refractivity contribution in [2.45, 2.75) is 116 Å². The first kappa shape index (κ1) is 26.6. The maximum Gasteiger partial charge on any atom is 0.360 e. The van der Waals surface area contributed by atoms with Crippen molar-refractivity contribution in [3.05, 3.63) is 24.6 Å². The number of amidine groups is 1. The summed E-state index contributed by atoms with van der Waals surface area (Å²) in [6, 6.07) is 0. The van der Waals surface area contributed by atoms with Gasteiger partial charge in [0.15, 0.2) is 6.54 Å². The van der Waals surface area contributed by atoms with E-state index in [1.54, 1.807) is 12.4 Å². The number of aliphatic imine (C=N–C) groups is 1. The van der Waals surface area contributed by atoms with Crippen molar-refractivity contribution in [3.8, 4) is 0 Å². The van der Waals surface area contributed by atoms with Gasteiger partial charge < -0.3 is 5.11 Å². The number of quaternary nitrogens is 1. The second-order valence-corrected chi connectivity index (χ2v) is 8.80. The minimum Gasteiger partial charge on any atom is -0.477 e. The number of allylic oxidation sites excluding steroid dienone is 1. The summed E-state index contributed by atoms with van der Waals surface area (Å²) in [5.41, 5.74) is 6.08. The molecule has 0 aromatic heterocycles. The number of hydrogen-bond acceptors (Lipinski definition) is 3. The summed E-state index contributed by atoms with van der Waals surface area (Å²) in [4.78, 5) is 15.6. The molecule has 0 bridgehead atoms. The Bertz CT molecular complexity index is 555. The summed E-state index contributed by atoms with van der Waals surface area (Å²) in [5, 5.41) is 9.23. The predicted octanol–water partition coefficient (Wildman–Crippen LogP) is 6.50. The molecular weight excluding hydrogens is 374 g/mol. The van der Waals surface area contributed by atoms with Crippen LogP contribution in [0.5, 0.6) is 0 Å². The lowest BCUT2D eigenvalue weighted by Gasteiger charge is -2.33. The highest BCUT2D eigenvalue weighted by atomic mass is 16.4. The molecule has 172 valence electrons. The third kappa shape index (κ3) is 10.5. The van der Waals surface area contributed by atoms with Gasteiger partial charge in [-0.25, -0.2) is 9.28 Å². The largest absolute Gasteiger partial charge is 0.477 e. The molecule has 2 unspecified atom stereocenters. The van der Waals surface area contributed by atoms with E-state index in [1.807, 2.05) is 13.0 Å². The fourth-order valence-electron chi connectivity index (χ4n) is 4.09. The zero-order valence-corrected chi connectivity index (χ0v) is 19.5. The molecule has 1 aliphatic rings. The van der Waals surface area contributed by atoms with Crippen molar-refractivity contribution < 1.29 is 14.4 Å². The second kappa shape index (κ2) is 16.3. The summed E-state index contributed by atoms with van der Waals surface area (Å²) < 4.78 is 0.0879. The average Bonchev–Trinajstić information content (AvgIpc) is 3.10. The number of hydrogen-bond donors (Lipinski definition) is 2. The monoisotopic (exact) mass is 420 g/mol. The van der Waals surface area contributed by atoms with E-state index in [0.717, 1.165) is 12.3 Å². The molecule has 0 aromatic rings. The molecule has 0 aliphatic carbocycles. The molecular formula is C25H46N3O2+. The van der Waals surface area contributed by atoms with Crippen LogP contribution in [0.1, 0.15) is 110 Å². The van der Waals surface area contributed by atoms with Gasteiger partial charge in [-0.05, 0) is 12.8 Å². The average molecular weight is 421 g/mol. The zero-order valence-electron chi connectivity index (χ0n) is 19.5. The van der Waals surface area contributed by atoms with E-state index in [2.05, 4.69) is 18.0 Å². The number of carboxylic acids is 1. The molecule has 0 fully saturated rings. The van der Waals surface area contributed by atoms with Gasteiger partial charge in [-0.2, -0.15) is 4.99 Å². The lowest BCUT2D eigenvalue weighted by molar-refractivity contribution is -0.803. The highest BCUT2D eigenvalue weighted by Crippen LogP contribution is 2.21. The van der Waals surface area contributed by atoms with Gasteiger partial charge >= 0.3 is 5.97 Å². The smallest absolute Gasteiger partial charge is 0.360 e. The van der Waals surface area contributed by atoms with Crippen LogP contribution in [0.3, 0.4) is 0 Å². The summed E-state index contributed by atoms with van der Waals surface area (Å²) in [5.74, 6) is -0.148. The van der Waals surface area contributed by atoms with E-state index in [9.17, 15) is 9.90 Å². The third-order valence-electron chi connectivity index (χ3n) is 6.08. The standard InChI is InChI=1S/C25H45N3O2/c1-3-4-5-6-7-8-9-10-11-12-13-14-15-16-17-18-19-24-27-20-21-28(24,23(2)26)22-25(29)30/h18-21,23H,3-17,22,26H2,1-2H3/p+1/b19-18+. The van der Waals surface area contributed by atoms with Gasteiger partial charge in [0.2, 0.25) is 5.84 Å². The number of rotatable bonds is 19. The van der Waals surface area contributed by atoms with Crippen LogP contribution in [0.15, 0.2) is 29.5 Å². The number of carbonyl (C=O) groups is 1. The van der Waals surface area contributed by atoms with E-state index >= 15 is 0 Å². The third-order valence-corrected chi connectivity index (χ3v) is 6.08. The molecule has 1 aliphatic heterocycles. The lowest BCUT2D eigenvalue weighted by Crippen LogP contribution is -2.58. The first-order valence-corrected chi connectivity index (χ1v) is 12.3. The molecule has 1 heterocycles. The fourth-order valence-corrected chi connectivity index (χ4v) is 4.09. The Morgan fingerprint density at radius 3 is 1.97 bits per heavy atom. The zero-order chi connectivity index (χ0) is 22.1. The quantitative estimate of drug-likeness (QED) is 0.185. The molecule has 0 spiro atoms. The summed E-state index contributed by atoms with van der Waals surface area (Å²) in [6.45, 7) is 4.03. The van der Waals surface area contributed by atoms with Gasteiger partial charge in [0.05, 0.1) is 6.20 Å². The van der Waals surface area contributed by atoms with Crippen LogP contribution in [-0.2, 0) is 4.79 Å². The molecule has 0 radical (unpaired) electrons. The van der Waals surface area contributed by atoms with Crippen LogP contribution in [0.25, 0.3) is 0 Å². The Balaban J connectivity index is 2.04. The summed E-state index contributed by atoms with van der Waals surface area (Å²) in [7, 11) is 0. The van der Waals surface area contributed by atoms with Crippen LogP contribution in [-0.4, -0.2) is 34.1 Å². The minimum absolute atomic E-state index is 0.0732. The van der Waals surface area contributed by atoms with Crippen molar-refractivity contribution in [3.63, 3.8) is 0 Å². The van der Waals surface area contributed by atoms with E-state index in [-0.39, 0.29) is 17.2 Å². The maximum absolute atomic E-state index is 11.2. The molecule has 2 atom stereocenters. The SMILES string of the molecule is CCCCCCCCCCCCCCCC/C=C/C1=NC=C[N+]1(CC(=O)O)C(C)N. The van der Waals surface area contributed by atoms with Gasteiger partial charge in [0.1, 0.15) is 12.4 Å². The van der Waals surface area contributed by atoms with E-state index in [0.29, 0.717) is 0 Å². The first-order chi connectivity index (χ1) is 14.5. The highest BCUT2D eigenvalue weighted by Gasteiger charge is 2.39. The molecule has 3 N–H and O–H groups in total. The van der Waals surface area contributed by atoms with Gasteiger partial charge in [0, 0.05) is 13.0 Å². The molecule has 0 amide bonds. The lowest BCUT2D eigenvalue weighted by atomic mass is 10.0. The maximum atomic E-state index is 11.2. The predicted molar refractivity (Wildman–Crippen MR) is 127 cm³/mol. The van der Waals surface area contributed by atoms with Crippen molar-refractivity contribution in [1.82, 2.24) is 0 Å². The summed E-state index contributed by atoms with van der Waals surface area (Å²) in [6.07, 6.45) is 27.3. The van der Waals surface area contributed by atoms with E-state index in [1.165, 1.54) is 89.9 Å². The van der Waals surface area contributed by atoms with Crippen LogP contribution in [0.4, 0.5) is 0 Å². The van der Waals surface area contributed by atoms with Gasteiger partial charge in [-0.15, -0.1) is 0 Å². The Hall–Kier alpha value is -1.46. The molecule has 0 aromatic carbocycles. The summed E-state index contributed by atoms with van der Waals surface area (Å²) >= 11 is 0. The molecule has 5 heteroatoms. The Morgan fingerprint density at radius 2 is 1.50 bits per heavy atom. The number of nitrogens with two attached hydrogens (primary N) is 1. The van der Waals surface area contributed by atoms with Gasteiger partial charge in [-0.1, -0.05) is 96.5 Å². The minimum atomic E-state index is -0.869. The van der Waals surface area contributed by atoms with Crippen LogP contribution in [0, 0.1) is 0 Å². The molecule has 5 nitrogen and oxygen atoms in total.